The van der Waals surface area contributed by atoms with Gasteiger partial charge in [0.1, 0.15) is 5.75 Å². The molecule has 6 heteroatoms. The maximum atomic E-state index is 13.0. The van der Waals surface area contributed by atoms with E-state index in [1.54, 1.807) is 24.3 Å². The van der Waals surface area contributed by atoms with Crippen molar-refractivity contribution in [3.05, 3.63) is 59.7 Å². The maximum absolute atomic E-state index is 13.0. The fourth-order valence-electron chi connectivity index (χ4n) is 1.79. The van der Waals surface area contributed by atoms with Crippen molar-refractivity contribution in [2.45, 2.75) is 0 Å². The zero-order valence-electron chi connectivity index (χ0n) is 11.8. The molecule has 0 radical (unpaired) electrons. The molecule has 0 aliphatic rings. The molecule has 114 valence electrons. The van der Waals surface area contributed by atoms with Gasteiger partial charge in [-0.15, -0.1) is 0 Å². The number of anilines is 2. The van der Waals surface area contributed by atoms with Gasteiger partial charge in [-0.3, -0.25) is 4.79 Å². The van der Waals surface area contributed by atoms with E-state index in [1.165, 1.54) is 19.3 Å². The predicted molar refractivity (Wildman–Crippen MR) is 81.4 cm³/mol. The van der Waals surface area contributed by atoms with Crippen LogP contribution in [0.5, 0.6) is 5.75 Å². The fraction of sp³-hybridized carbons (Fsp3) is 0.0625. The molecule has 0 aromatic heterocycles. The molecule has 1 amide bonds. The van der Waals surface area contributed by atoms with Crippen LogP contribution in [-0.2, 0) is 4.79 Å². The number of methoxy groups -OCH3 is 1. The van der Waals surface area contributed by atoms with Crippen LogP contribution in [-0.4, -0.2) is 13.0 Å². The molecule has 0 aliphatic carbocycles. The number of hydrogen-bond acceptors (Lipinski definition) is 3. The van der Waals surface area contributed by atoms with Crippen LogP contribution in [0.25, 0.3) is 6.08 Å². The van der Waals surface area contributed by atoms with Gasteiger partial charge in [0.15, 0.2) is 11.6 Å². The number of halogens is 2. The molecule has 0 saturated heterocycles. The van der Waals surface area contributed by atoms with Crippen LogP contribution in [0, 0.1) is 11.6 Å². The maximum Gasteiger partial charge on any atom is 0.248 e. The number of nitrogens with one attached hydrogen (secondary N) is 1. The van der Waals surface area contributed by atoms with Gasteiger partial charge in [0, 0.05) is 17.8 Å². The highest BCUT2D eigenvalue weighted by molar-refractivity contribution is 6.02. The number of hydrogen-bond donors (Lipinski definition) is 2. The second-order valence-electron chi connectivity index (χ2n) is 4.45. The molecule has 0 aliphatic heterocycles. The van der Waals surface area contributed by atoms with Crippen LogP contribution < -0.4 is 15.8 Å². The van der Waals surface area contributed by atoms with E-state index in [9.17, 15) is 13.6 Å². The molecule has 0 heterocycles. The Morgan fingerprint density at radius 2 is 1.95 bits per heavy atom. The van der Waals surface area contributed by atoms with Crippen molar-refractivity contribution in [2.24, 2.45) is 0 Å². The third-order valence-electron chi connectivity index (χ3n) is 2.87. The van der Waals surface area contributed by atoms with E-state index < -0.39 is 17.5 Å². The zero-order valence-corrected chi connectivity index (χ0v) is 11.8. The summed E-state index contributed by atoms with van der Waals surface area (Å²) in [5.74, 6) is -1.92. The highest BCUT2D eigenvalue weighted by atomic mass is 19.2. The number of nitrogens with two attached hydrogens (primary N) is 1. The smallest absolute Gasteiger partial charge is 0.248 e. The molecule has 2 aromatic carbocycles. The van der Waals surface area contributed by atoms with Crippen molar-refractivity contribution >= 4 is 23.4 Å². The van der Waals surface area contributed by atoms with Crippen LogP contribution in [0.2, 0.25) is 0 Å². The highest BCUT2D eigenvalue weighted by Crippen LogP contribution is 2.22. The van der Waals surface area contributed by atoms with Crippen LogP contribution in [0.15, 0.2) is 42.5 Å². The van der Waals surface area contributed by atoms with Gasteiger partial charge in [0.2, 0.25) is 5.91 Å². The fourth-order valence-corrected chi connectivity index (χ4v) is 1.79. The van der Waals surface area contributed by atoms with Crippen molar-refractivity contribution in [2.75, 3.05) is 18.2 Å². The van der Waals surface area contributed by atoms with Gasteiger partial charge in [-0.2, -0.15) is 0 Å². The molecule has 4 nitrogen and oxygen atoms in total. The molecular weight excluding hydrogens is 290 g/mol. The lowest BCUT2D eigenvalue weighted by atomic mass is 10.1. The summed E-state index contributed by atoms with van der Waals surface area (Å²) >= 11 is 0. The van der Waals surface area contributed by atoms with Gasteiger partial charge in [-0.1, -0.05) is 6.07 Å². The number of ether oxygens (including phenoxy) is 1. The summed E-state index contributed by atoms with van der Waals surface area (Å²) in [6, 6.07) is 8.19. The summed E-state index contributed by atoms with van der Waals surface area (Å²) in [5.41, 5.74) is 7.08. The van der Waals surface area contributed by atoms with E-state index in [2.05, 4.69) is 5.32 Å². The average molecular weight is 304 g/mol. The summed E-state index contributed by atoms with van der Waals surface area (Å²) in [6.07, 6.45) is 2.81. The van der Waals surface area contributed by atoms with E-state index in [0.29, 0.717) is 17.0 Å². The summed E-state index contributed by atoms with van der Waals surface area (Å²) in [4.78, 5) is 11.7. The Morgan fingerprint density at radius 3 is 2.59 bits per heavy atom. The largest absolute Gasteiger partial charge is 0.495 e. The number of carbonyl (C=O) groups is 1. The zero-order chi connectivity index (χ0) is 16.1. The minimum absolute atomic E-state index is 0.169. The summed E-state index contributed by atoms with van der Waals surface area (Å²) in [7, 11) is 1.51. The monoisotopic (exact) mass is 304 g/mol. The molecule has 22 heavy (non-hydrogen) atoms. The van der Waals surface area contributed by atoms with Crippen LogP contribution in [0.3, 0.4) is 0 Å². The van der Waals surface area contributed by atoms with Crippen LogP contribution in [0.4, 0.5) is 20.2 Å². The van der Waals surface area contributed by atoms with E-state index in [4.69, 9.17) is 10.5 Å². The Labute approximate surface area is 126 Å². The Bertz CT molecular complexity index is 730. The molecule has 0 atom stereocenters. The first-order valence-corrected chi connectivity index (χ1v) is 6.37. The average Bonchev–Trinajstić information content (AvgIpc) is 2.49. The van der Waals surface area contributed by atoms with Gasteiger partial charge in [-0.05, 0) is 35.9 Å². The Morgan fingerprint density at radius 1 is 1.18 bits per heavy atom. The third kappa shape index (κ3) is 3.82. The number of benzene rings is 2. The third-order valence-corrected chi connectivity index (χ3v) is 2.87. The molecule has 0 spiro atoms. The molecule has 0 bridgehead atoms. The lowest BCUT2D eigenvalue weighted by molar-refractivity contribution is -0.111. The second-order valence-corrected chi connectivity index (χ2v) is 4.45. The summed E-state index contributed by atoms with van der Waals surface area (Å²) in [6.45, 7) is 0. The lowest BCUT2D eigenvalue weighted by Crippen LogP contribution is -2.08. The van der Waals surface area contributed by atoms with Gasteiger partial charge < -0.3 is 15.8 Å². The normalized spacial score (nSPS) is 10.7. The van der Waals surface area contributed by atoms with Crippen molar-refractivity contribution in [1.29, 1.82) is 0 Å². The van der Waals surface area contributed by atoms with Crippen molar-refractivity contribution in [3.63, 3.8) is 0 Å². The predicted octanol–water partition coefficient (Wildman–Crippen LogP) is 3.21. The van der Waals surface area contributed by atoms with E-state index in [-0.39, 0.29) is 5.69 Å². The summed E-state index contributed by atoms with van der Waals surface area (Å²) < 4.78 is 30.8. The summed E-state index contributed by atoms with van der Waals surface area (Å²) in [5, 5.41) is 2.43. The lowest BCUT2D eigenvalue weighted by Gasteiger charge is -2.05. The first kappa shape index (κ1) is 15.5. The van der Waals surface area contributed by atoms with Crippen LogP contribution in [0.1, 0.15) is 5.56 Å². The molecule has 0 unspecified atom stereocenters. The number of nitrogen functional groups attached to an aromatic ring is 1. The van der Waals surface area contributed by atoms with Crippen LogP contribution >= 0.6 is 0 Å². The van der Waals surface area contributed by atoms with Crippen molar-refractivity contribution < 1.29 is 18.3 Å². The van der Waals surface area contributed by atoms with E-state index in [0.717, 1.165) is 12.1 Å². The van der Waals surface area contributed by atoms with Gasteiger partial charge in [0.05, 0.1) is 12.8 Å². The number of carbonyl (C=O) groups excluding carboxylic acids is 1. The SMILES string of the molecule is COc1ccc(/C=C\C(=O)Nc2ccc(F)c(F)c2)cc1N. The first-order valence-electron chi connectivity index (χ1n) is 6.37. The Kier molecular flexibility index (Phi) is 4.73. The first-order chi connectivity index (χ1) is 10.5. The molecule has 3 N–H and O–H groups in total. The molecular formula is C16H14F2N2O2. The number of amides is 1. The minimum Gasteiger partial charge on any atom is -0.495 e. The van der Waals surface area contributed by atoms with E-state index >= 15 is 0 Å². The van der Waals surface area contributed by atoms with Gasteiger partial charge in [0.25, 0.3) is 0 Å². The van der Waals surface area contributed by atoms with Crippen molar-refractivity contribution in [1.82, 2.24) is 0 Å². The van der Waals surface area contributed by atoms with Crippen molar-refractivity contribution in [3.8, 4) is 5.75 Å². The molecule has 2 aromatic rings. The topological polar surface area (TPSA) is 64.3 Å². The second kappa shape index (κ2) is 6.71. The van der Waals surface area contributed by atoms with Gasteiger partial charge >= 0.3 is 0 Å². The minimum atomic E-state index is -1.02. The highest BCUT2D eigenvalue weighted by Gasteiger charge is 2.04. The van der Waals surface area contributed by atoms with E-state index in [1.807, 2.05) is 0 Å². The van der Waals surface area contributed by atoms with Gasteiger partial charge in [-0.25, -0.2) is 8.78 Å². The standard InChI is InChI=1S/C16H14F2N2O2/c1-22-15-6-2-10(8-14(15)19)3-7-16(21)20-11-4-5-12(17)13(18)9-11/h2-9H,19H2,1H3,(H,20,21)/b7-3-. The Balaban J connectivity index is 2.04. The molecule has 0 saturated carbocycles. The quantitative estimate of drug-likeness (QED) is 0.673. The molecule has 2 rings (SSSR count). The molecule has 0 fully saturated rings. The Hall–Kier alpha value is -2.89. The number of rotatable bonds is 4.